The molecule has 5 heteroatoms. The molecule has 34 heavy (non-hydrogen) atoms. The number of fused-ring (bicyclic) bond motifs is 1. The van der Waals surface area contributed by atoms with Crippen molar-refractivity contribution in [2.45, 2.75) is 26.7 Å². The highest BCUT2D eigenvalue weighted by molar-refractivity contribution is 5.71. The van der Waals surface area contributed by atoms with Crippen LogP contribution in [0, 0.1) is 6.92 Å². The number of aryl methyl sites for hydroxylation is 1. The zero-order valence-electron chi connectivity index (χ0n) is 19.2. The second kappa shape index (κ2) is 9.32. The highest BCUT2D eigenvalue weighted by Crippen LogP contribution is 2.29. The molecule has 5 aromatic rings. The molecule has 0 saturated heterocycles. The molecule has 0 fully saturated rings. The average Bonchev–Trinajstić information content (AvgIpc) is 3.17. The Morgan fingerprint density at radius 3 is 2.21 bits per heavy atom. The molecule has 5 rings (SSSR count). The van der Waals surface area contributed by atoms with Crippen molar-refractivity contribution in [3.8, 4) is 17.1 Å². The number of nitrogens with zero attached hydrogens (tertiary/aromatic N) is 3. The number of imidazole rings is 1. The molecule has 168 valence electrons. The molecule has 0 aliphatic heterocycles. The Kier molecular flexibility index (Phi) is 5.91. The summed E-state index contributed by atoms with van der Waals surface area (Å²) in [5, 5.41) is 0. The lowest BCUT2D eigenvalue weighted by molar-refractivity contribution is -0.132. The molecule has 2 heterocycles. The van der Waals surface area contributed by atoms with Crippen LogP contribution in [-0.2, 0) is 17.6 Å². The van der Waals surface area contributed by atoms with Gasteiger partial charge < -0.3 is 4.74 Å². The Morgan fingerprint density at radius 1 is 0.824 bits per heavy atom. The highest BCUT2D eigenvalue weighted by Gasteiger charge is 2.21. The summed E-state index contributed by atoms with van der Waals surface area (Å²) in [5.74, 6) is 0.0628. The van der Waals surface area contributed by atoms with Crippen LogP contribution in [0.1, 0.15) is 35.0 Å². The van der Waals surface area contributed by atoms with Crippen LogP contribution in [-0.4, -0.2) is 20.3 Å². The first-order chi connectivity index (χ1) is 16.6. The van der Waals surface area contributed by atoms with E-state index in [9.17, 15) is 4.79 Å². The van der Waals surface area contributed by atoms with Crippen LogP contribution in [0.2, 0.25) is 0 Å². The van der Waals surface area contributed by atoms with Crippen molar-refractivity contribution in [3.05, 3.63) is 119 Å². The van der Waals surface area contributed by atoms with Gasteiger partial charge in [0.05, 0.1) is 11.4 Å². The molecule has 0 bridgehead atoms. The fourth-order valence-electron chi connectivity index (χ4n) is 4.17. The van der Waals surface area contributed by atoms with E-state index in [-0.39, 0.29) is 5.97 Å². The van der Waals surface area contributed by atoms with Gasteiger partial charge in [-0.05, 0) is 18.1 Å². The van der Waals surface area contributed by atoms with Crippen molar-refractivity contribution < 1.29 is 9.53 Å². The summed E-state index contributed by atoms with van der Waals surface area (Å²) in [6.45, 7) is 3.48. The van der Waals surface area contributed by atoms with Gasteiger partial charge in [-0.1, -0.05) is 90.5 Å². The van der Waals surface area contributed by atoms with E-state index in [4.69, 9.17) is 14.7 Å². The number of ether oxygens (including phenoxy) is 1. The van der Waals surface area contributed by atoms with Gasteiger partial charge in [-0.2, -0.15) is 0 Å². The number of aromatic nitrogens is 3. The maximum Gasteiger partial charge on any atom is 0.309 e. The lowest BCUT2D eigenvalue weighted by atomic mass is 10.1. The van der Waals surface area contributed by atoms with Crippen LogP contribution in [0.5, 0.6) is 5.88 Å². The normalized spacial score (nSPS) is 11.0. The summed E-state index contributed by atoms with van der Waals surface area (Å²) >= 11 is 0. The Hall–Kier alpha value is -4.25. The summed E-state index contributed by atoms with van der Waals surface area (Å²) in [7, 11) is 0. The van der Waals surface area contributed by atoms with Crippen molar-refractivity contribution in [2.75, 3.05) is 0 Å². The van der Waals surface area contributed by atoms with Gasteiger partial charge in [-0.15, -0.1) is 0 Å². The van der Waals surface area contributed by atoms with E-state index in [0.29, 0.717) is 30.1 Å². The lowest BCUT2D eigenvalue weighted by Gasteiger charge is -2.10. The Bertz CT molecular complexity index is 1460. The molecular weight excluding hydrogens is 422 g/mol. The van der Waals surface area contributed by atoms with Crippen LogP contribution in [0.25, 0.3) is 16.9 Å². The van der Waals surface area contributed by atoms with E-state index in [1.165, 1.54) is 12.5 Å². The summed E-state index contributed by atoms with van der Waals surface area (Å²) in [4.78, 5) is 22.0. The second-order valence-electron chi connectivity index (χ2n) is 8.42. The Morgan fingerprint density at radius 2 is 1.50 bits per heavy atom. The summed E-state index contributed by atoms with van der Waals surface area (Å²) in [6.07, 6.45) is 3.08. The van der Waals surface area contributed by atoms with Crippen molar-refractivity contribution in [1.29, 1.82) is 0 Å². The van der Waals surface area contributed by atoms with Crippen LogP contribution < -0.4 is 4.74 Å². The van der Waals surface area contributed by atoms with Gasteiger partial charge in [0, 0.05) is 31.5 Å². The Balaban J connectivity index is 1.71. The quantitative estimate of drug-likeness (QED) is 0.308. The molecule has 5 nitrogen and oxygen atoms in total. The van der Waals surface area contributed by atoms with Crippen molar-refractivity contribution in [1.82, 2.24) is 14.4 Å². The van der Waals surface area contributed by atoms with Crippen LogP contribution >= 0.6 is 0 Å². The van der Waals surface area contributed by atoms with Gasteiger partial charge in [0.2, 0.25) is 5.88 Å². The van der Waals surface area contributed by atoms with Gasteiger partial charge in [0.1, 0.15) is 5.69 Å². The number of benzene rings is 3. The minimum Gasteiger partial charge on any atom is -0.407 e. The minimum atomic E-state index is -0.380. The number of esters is 1. The first-order valence-electron chi connectivity index (χ1n) is 11.3. The van der Waals surface area contributed by atoms with Crippen LogP contribution in [0.15, 0.2) is 91.1 Å². The van der Waals surface area contributed by atoms with Gasteiger partial charge in [0.25, 0.3) is 0 Å². The number of carbonyl (C=O) groups is 1. The molecular formula is C29H25N3O2. The SMILES string of the molecule is CC(=O)Oc1c(Cc2cccc(C)c2)nc2c(Cc3ccccc3)nc(-c3ccccc3)cn12. The van der Waals surface area contributed by atoms with Crippen molar-refractivity contribution in [3.63, 3.8) is 0 Å². The first-order valence-corrected chi connectivity index (χ1v) is 11.3. The molecule has 0 N–H and O–H groups in total. The lowest BCUT2D eigenvalue weighted by Crippen LogP contribution is -2.07. The minimum absolute atomic E-state index is 0.380. The summed E-state index contributed by atoms with van der Waals surface area (Å²) < 4.78 is 7.61. The van der Waals surface area contributed by atoms with E-state index in [1.807, 2.05) is 65.2 Å². The molecule has 0 radical (unpaired) electrons. The molecule has 3 aromatic carbocycles. The van der Waals surface area contributed by atoms with Crippen molar-refractivity contribution in [2.24, 2.45) is 0 Å². The molecule has 0 saturated carbocycles. The third kappa shape index (κ3) is 4.59. The largest absolute Gasteiger partial charge is 0.407 e. The summed E-state index contributed by atoms with van der Waals surface area (Å²) in [6, 6.07) is 28.5. The van der Waals surface area contributed by atoms with Gasteiger partial charge in [-0.25, -0.2) is 9.97 Å². The number of hydrogen-bond acceptors (Lipinski definition) is 4. The first kappa shape index (κ1) is 21.6. The monoisotopic (exact) mass is 447 g/mol. The molecule has 0 unspecified atom stereocenters. The molecule has 0 aliphatic rings. The van der Waals surface area contributed by atoms with E-state index in [1.54, 1.807) is 0 Å². The molecule has 2 aromatic heterocycles. The molecule has 0 atom stereocenters. The topological polar surface area (TPSA) is 56.5 Å². The summed E-state index contributed by atoms with van der Waals surface area (Å²) in [5.41, 5.74) is 7.44. The van der Waals surface area contributed by atoms with Gasteiger partial charge in [-0.3, -0.25) is 9.20 Å². The maximum atomic E-state index is 12.1. The third-order valence-electron chi connectivity index (χ3n) is 5.68. The average molecular weight is 448 g/mol. The molecule has 0 amide bonds. The predicted octanol–water partition coefficient (Wildman–Crippen LogP) is 5.81. The van der Waals surface area contributed by atoms with E-state index >= 15 is 0 Å². The fourth-order valence-corrected chi connectivity index (χ4v) is 4.17. The van der Waals surface area contributed by atoms with Gasteiger partial charge >= 0.3 is 5.97 Å². The standard InChI is InChI=1S/C29H25N3O2/c1-20-10-9-13-23(16-20)18-26-29(34-21(2)33)32-19-27(24-14-7-4-8-15-24)30-25(28(32)31-26)17-22-11-5-3-6-12-22/h3-16,19H,17-18H2,1-2H3. The number of hydrogen-bond donors (Lipinski definition) is 0. The predicted molar refractivity (Wildman–Crippen MR) is 133 cm³/mol. The smallest absolute Gasteiger partial charge is 0.309 e. The highest BCUT2D eigenvalue weighted by atomic mass is 16.5. The molecule has 0 spiro atoms. The van der Waals surface area contributed by atoms with Gasteiger partial charge in [0.15, 0.2) is 5.65 Å². The zero-order chi connectivity index (χ0) is 23.5. The van der Waals surface area contributed by atoms with Crippen molar-refractivity contribution >= 4 is 11.6 Å². The third-order valence-corrected chi connectivity index (χ3v) is 5.68. The van der Waals surface area contributed by atoms with E-state index in [0.717, 1.165) is 28.1 Å². The zero-order valence-corrected chi connectivity index (χ0v) is 19.2. The number of carbonyl (C=O) groups excluding carboxylic acids is 1. The van der Waals surface area contributed by atoms with E-state index < -0.39 is 0 Å². The van der Waals surface area contributed by atoms with Crippen LogP contribution in [0.4, 0.5) is 0 Å². The second-order valence-corrected chi connectivity index (χ2v) is 8.42. The number of rotatable bonds is 6. The molecule has 0 aliphatic carbocycles. The fraction of sp³-hybridized carbons (Fsp3) is 0.138. The van der Waals surface area contributed by atoms with Crippen LogP contribution in [0.3, 0.4) is 0 Å². The maximum absolute atomic E-state index is 12.1. The van der Waals surface area contributed by atoms with E-state index in [2.05, 4.69) is 37.3 Å². The Labute approximate surface area is 198 Å².